The summed E-state index contributed by atoms with van der Waals surface area (Å²) in [7, 11) is -0.497. The summed E-state index contributed by atoms with van der Waals surface area (Å²) in [6.45, 7) is 0. The molecule has 0 radical (unpaired) electrons. The molecule has 6 nitrogen and oxygen atoms in total. The molecule has 0 unspecified atom stereocenters. The minimum atomic E-state index is -4.15. The van der Waals surface area contributed by atoms with Gasteiger partial charge in [-0.25, -0.2) is 18.1 Å². The van der Waals surface area contributed by atoms with Crippen molar-refractivity contribution in [2.45, 2.75) is 42.8 Å². The minimum Gasteiger partial charge on any atom is -0.382 e. The van der Waals surface area contributed by atoms with E-state index in [9.17, 15) is 21.6 Å². The van der Waals surface area contributed by atoms with Crippen LogP contribution in [0.25, 0.3) is 11.3 Å². The number of imidazole rings is 1. The minimum absolute atomic E-state index is 0.0896. The Morgan fingerprint density at radius 1 is 1.18 bits per heavy atom. The lowest BCUT2D eigenvalue weighted by Gasteiger charge is -2.31. The fourth-order valence-corrected chi connectivity index (χ4v) is 4.24. The van der Waals surface area contributed by atoms with E-state index >= 15 is 0 Å². The second kappa shape index (κ2) is 7.75. The molecule has 154 valence electrons. The van der Waals surface area contributed by atoms with Gasteiger partial charge in [0.2, 0.25) is 10.0 Å². The van der Waals surface area contributed by atoms with Crippen LogP contribution in [-0.4, -0.2) is 37.2 Å². The predicted octanol–water partition coefficient (Wildman–Crippen LogP) is 3.53. The molecule has 0 saturated heterocycles. The maximum Gasteiger partial charge on any atom is 0.391 e. The second-order valence-electron chi connectivity index (χ2n) is 7.07. The number of aryl methyl sites for hydroxylation is 1. The number of sulfonamides is 1. The highest BCUT2D eigenvalue weighted by molar-refractivity contribution is 7.89. The van der Waals surface area contributed by atoms with Crippen molar-refractivity contribution in [2.75, 3.05) is 12.4 Å². The van der Waals surface area contributed by atoms with E-state index in [4.69, 9.17) is 0 Å². The molecule has 0 amide bonds. The number of hydrogen-bond donors (Lipinski definition) is 2. The van der Waals surface area contributed by atoms with Gasteiger partial charge in [-0.1, -0.05) is 0 Å². The maximum atomic E-state index is 12.9. The summed E-state index contributed by atoms with van der Waals surface area (Å²) in [4.78, 5) is 4.39. The van der Waals surface area contributed by atoms with Crippen LogP contribution in [-0.2, 0) is 17.1 Å². The van der Waals surface area contributed by atoms with Gasteiger partial charge >= 0.3 is 6.18 Å². The topological polar surface area (TPSA) is 76.0 Å². The molecule has 1 aromatic heterocycles. The van der Waals surface area contributed by atoms with Crippen molar-refractivity contribution in [3.63, 3.8) is 0 Å². The highest BCUT2D eigenvalue weighted by Gasteiger charge is 2.41. The number of alkyl halides is 3. The monoisotopic (exact) mass is 416 g/mol. The van der Waals surface area contributed by atoms with E-state index in [0.717, 1.165) is 0 Å². The van der Waals surface area contributed by atoms with E-state index in [2.05, 4.69) is 15.0 Å². The molecule has 28 heavy (non-hydrogen) atoms. The van der Waals surface area contributed by atoms with Gasteiger partial charge in [-0.05, 0) is 50.9 Å². The summed E-state index contributed by atoms with van der Waals surface area (Å²) in [6, 6.07) is 4.54. The molecule has 1 heterocycles. The number of nitrogens with zero attached hydrogens (tertiary/aromatic N) is 2. The van der Waals surface area contributed by atoms with Gasteiger partial charge in [0.15, 0.2) is 0 Å². The summed E-state index contributed by atoms with van der Waals surface area (Å²) >= 11 is 0. The second-order valence-corrected chi connectivity index (χ2v) is 8.96. The van der Waals surface area contributed by atoms with Crippen LogP contribution in [0.1, 0.15) is 25.7 Å². The smallest absolute Gasteiger partial charge is 0.382 e. The standard InChI is InChI=1S/C18H23F3N4O2S/c1-22-28(26,27)14-7-8-16(15(9-14)17-10-25(2)11-23-17)24-13-5-3-12(4-6-13)18(19,20)21/h7-13,22,24H,3-6H2,1-2H3. The number of nitrogens with one attached hydrogen (secondary N) is 2. The molecule has 0 spiro atoms. The summed E-state index contributed by atoms with van der Waals surface area (Å²) in [5.41, 5.74) is 1.83. The first kappa shape index (κ1) is 20.7. The van der Waals surface area contributed by atoms with Crippen molar-refractivity contribution < 1.29 is 21.6 Å². The molecule has 2 N–H and O–H groups in total. The fourth-order valence-electron chi connectivity index (χ4n) is 3.48. The fraction of sp³-hybridized carbons (Fsp3) is 0.500. The number of hydrogen-bond acceptors (Lipinski definition) is 4. The quantitative estimate of drug-likeness (QED) is 0.782. The molecular formula is C18H23F3N4O2S. The van der Waals surface area contributed by atoms with Gasteiger partial charge in [0.1, 0.15) is 0 Å². The van der Waals surface area contributed by atoms with Gasteiger partial charge in [0, 0.05) is 30.5 Å². The largest absolute Gasteiger partial charge is 0.391 e. The highest BCUT2D eigenvalue weighted by atomic mass is 32.2. The van der Waals surface area contributed by atoms with E-state index < -0.39 is 22.1 Å². The van der Waals surface area contributed by atoms with Crippen LogP contribution in [0.2, 0.25) is 0 Å². The van der Waals surface area contributed by atoms with Crippen LogP contribution in [0.15, 0.2) is 35.6 Å². The third-order valence-electron chi connectivity index (χ3n) is 5.10. The van der Waals surface area contributed by atoms with Gasteiger partial charge < -0.3 is 9.88 Å². The molecule has 2 aromatic rings. The van der Waals surface area contributed by atoms with Crippen molar-refractivity contribution in [2.24, 2.45) is 13.0 Å². The SMILES string of the molecule is CNS(=O)(=O)c1ccc(NC2CCC(C(F)(F)F)CC2)c(-c2cn(C)cn2)c1. The molecule has 1 aliphatic carbocycles. The van der Waals surface area contributed by atoms with Crippen LogP contribution >= 0.6 is 0 Å². The zero-order valence-corrected chi connectivity index (χ0v) is 16.4. The van der Waals surface area contributed by atoms with E-state index in [-0.39, 0.29) is 23.8 Å². The van der Waals surface area contributed by atoms with Crippen LogP contribution in [0.5, 0.6) is 0 Å². The summed E-state index contributed by atoms with van der Waals surface area (Å²) in [5, 5.41) is 3.29. The number of benzene rings is 1. The Morgan fingerprint density at radius 2 is 1.86 bits per heavy atom. The zero-order valence-electron chi connectivity index (χ0n) is 15.6. The number of rotatable bonds is 5. The lowest BCUT2D eigenvalue weighted by molar-refractivity contribution is -0.182. The van der Waals surface area contributed by atoms with E-state index in [1.807, 2.05) is 0 Å². The lowest BCUT2D eigenvalue weighted by Crippen LogP contribution is -2.33. The molecule has 3 rings (SSSR count). The van der Waals surface area contributed by atoms with Gasteiger partial charge in [0.05, 0.1) is 22.8 Å². The predicted molar refractivity (Wildman–Crippen MR) is 100 cm³/mol. The molecule has 0 bridgehead atoms. The van der Waals surface area contributed by atoms with Crippen LogP contribution in [0.4, 0.5) is 18.9 Å². The number of halogens is 3. The Morgan fingerprint density at radius 3 is 2.39 bits per heavy atom. The van der Waals surface area contributed by atoms with Gasteiger partial charge in [-0.2, -0.15) is 13.2 Å². The Labute approximate surface area is 162 Å². The zero-order chi connectivity index (χ0) is 20.5. The third-order valence-corrected chi connectivity index (χ3v) is 6.51. The van der Waals surface area contributed by atoms with Gasteiger partial charge in [-0.3, -0.25) is 0 Å². The first-order valence-electron chi connectivity index (χ1n) is 8.99. The van der Waals surface area contributed by atoms with Crippen molar-refractivity contribution in [3.8, 4) is 11.3 Å². The first-order valence-corrected chi connectivity index (χ1v) is 10.5. The summed E-state index contributed by atoms with van der Waals surface area (Å²) < 4.78 is 67.0. The number of aromatic nitrogens is 2. The lowest BCUT2D eigenvalue weighted by atomic mass is 9.85. The molecule has 1 fully saturated rings. The maximum absolute atomic E-state index is 12.9. The Hall–Kier alpha value is -2.07. The molecule has 0 atom stereocenters. The van der Waals surface area contributed by atoms with E-state index in [1.54, 1.807) is 30.2 Å². The van der Waals surface area contributed by atoms with Crippen LogP contribution in [0, 0.1) is 5.92 Å². The summed E-state index contributed by atoms with van der Waals surface area (Å²) in [5.74, 6) is -1.25. The Bertz CT molecular complexity index is 933. The Kier molecular flexibility index (Phi) is 5.72. The average molecular weight is 416 g/mol. The van der Waals surface area contributed by atoms with E-state index in [0.29, 0.717) is 29.8 Å². The average Bonchev–Trinajstić information content (AvgIpc) is 3.08. The first-order chi connectivity index (χ1) is 13.1. The normalized spacial score (nSPS) is 20.9. The third kappa shape index (κ3) is 4.49. The highest BCUT2D eigenvalue weighted by Crippen LogP contribution is 2.39. The molecule has 0 aliphatic heterocycles. The summed E-state index contributed by atoms with van der Waals surface area (Å²) in [6.07, 6.45) is 0.209. The number of anilines is 1. The molecular weight excluding hydrogens is 393 g/mol. The van der Waals surface area contributed by atoms with Crippen molar-refractivity contribution in [1.82, 2.24) is 14.3 Å². The van der Waals surface area contributed by atoms with Gasteiger partial charge in [0.25, 0.3) is 0 Å². The van der Waals surface area contributed by atoms with Crippen LogP contribution < -0.4 is 10.0 Å². The van der Waals surface area contributed by atoms with Crippen molar-refractivity contribution in [3.05, 3.63) is 30.7 Å². The molecule has 1 saturated carbocycles. The van der Waals surface area contributed by atoms with Gasteiger partial charge in [-0.15, -0.1) is 0 Å². The van der Waals surface area contributed by atoms with Crippen molar-refractivity contribution >= 4 is 15.7 Å². The molecule has 1 aliphatic rings. The van der Waals surface area contributed by atoms with Crippen molar-refractivity contribution in [1.29, 1.82) is 0 Å². The van der Waals surface area contributed by atoms with E-state index in [1.165, 1.54) is 19.2 Å². The molecule has 10 heteroatoms. The molecule has 1 aromatic carbocycles. The van der Waals surface area contributed by atoms with Crippen LogP contribution in [0.3, 0.4) is 0 Å². The Balaban J connectivity index is 1.87.